The predicted octanol–water partition coefficient (Wildman–Crippen LogP) is 4.14. The summed E-state index contributed by atoms with van der Waals surface area (Å²) in [5.41, 5.74) is 0.254. The Morgan fingerprint density at radius 3 is 2.28 bits per heavy atom. The van der Waals surface area contributed by atoms with Crippen molar-refractivity contribution < 1.29 is 4.74 Å². The Labute approximate surface area is 114 Å². The summed E-state index contributed by atoms with van der Waals surface area (Å²) in [5, 5.41) is 3.65. The fourth-order valence-corrected chi connectivity index (χ4v) is 2.56. The van der Waals surface area contributed by atoms with Crippen LogP contribution in [0.1, 0.15) is 73.6 Å². The molecule has 0 aromatic carbocycles. The lowest BCUT2D eigenvalue weighted by Crippen LogP contribution is -2.51. The van der Waals surface area contributed by atoms with Crippen molar-refractivity contribution in [1.82, 2.24) is 5.32 Å². The molecule has 2 nitrogen and oxygen atoms in total. The van der Waals surface area contributed by atoms with Gasteiger partial charge in [-0.1, -0.05) is 13.8 Å². The average molecular weight is 255 g/mol. The molecule has 1 fully saturated rings. The van der Waals surface area contributed by atoms with Gasteiger partial charge in [-0.3, -0.25) is 0 Å². The average Bonchev–Trinajstić information content (AvgIpc) is 2.29. The third-order valence-electron chi connectivity index (χ3n) is 4.15. The van der Waals surface area contributed by atoms with Crippen molar-refractivity contribution in [3.63, 3.8) is 0 Å². The summed E-state index contributed by atoms with van der Waals surface area (Å²) >= 11 is 0. The summed E-state index contributed by atoms with van der Waals surface area (Å²) < 4.78 is 6.41. The summed E-state index contributed by atoms with van der Waals surface area (Å²) in [4.78, 5) is 0. The Bertz CT molecular complexity index is 236. The van der Waals surface area contributed by atoms with Crippen molar-refractivity contribution in [1.29, 1.82) is 0 Å². The first-order valence-corrected chi connectivity index (χ1v) is 7.69. The summed E-state index contributed by atoms with van der Waals surface area (Å²) in [7, 11) is 0. The van der Waals surface area contributed by atoms with Gasteiger partial charge in [0.25, 0.3) is 0 Å². The molecule has 1 rings (SSSR count). The zero-order chi connectivity index (χ0) is 13.8. The number of rotatable bonds is 5. The van der Waals surface area contributed by atoms with Gasteiger partial charge in [0.2, 0.25) is 0 Å². The lowest BCUT2D eigenvalue weighted by Gasteiger charge is -2.43. The Balaban J connectivity index is 2.62. The van der Waals surface area contributed by atoms with Crippen LogP contribution in [0.3, 0.4) is 0 Å². The summed E-state index contributed by atoms with van der Waals surface area (Å²) in [6.07, 6.45) is 6.51. The van der Waals surface area contributed by atoms with Crippen molar-refractivity contribution in [3.8, 4) is 0 Å². The largest absolute Gasteiger partial charge is 0.371 e. The lowest BCUT2D eigenvalue weighted by molar-refractivity contribution is -0.114. The smallest absolute Gasteiger partial charge is 0.0810 e. The van der Waals surface area contributed by atoms with Gasteiger partial charge in [-0.25, -0.2) is 0 Å². The molecule has 0 amide bonds. The molecule has 1 N–H and O–H groups in total. The Morgan fingerprint density at radius 2 is 1.83 bits per heavy atom. The van der Waals surface area contributed by atoms with Crippen LogP contribution in [-0.4, -0.2) is 23.8 Å². The SMILES string of the molecule is CCC(C)OC1(CNC(C)(C)C)CCC(C)CC1. The zero-order valence-corrected chi connectivity index (χ0v) is 13.3. The van der Waals surface area contributed by atoms with Crippen molar-refractivity contribution in [2.45, 2.75) is 90.9 Å². The van der Waals surface area contributed by atoms with Crippen molar-refractivity contribution in [2.24, 2.45) is 5.92 Å². The molecular weight excluding hydrogens is 222 g/mol. The normalized spacial score (nSPS) is 31.3. The van der Waals surface area contributed by atoms with Gasteiger partial charge < -0.3 is 10.1 Å². The van der Waals surface area contributed by atoms with E-state index in [4.69, 9.17) is 4.74 Å². The molecule has 1 unspecified atom stereocenters. The molecule has 0 aromatic rings. The van der Waals surface area contributed by atoms with E-state index in [0.717, 1.165) is 18.9 Å². The fourth-order valence-electron chi connectivity index (χ4n) is 2.56. The summed E-state index contributed by atoms with van der Waals surface area (Å²) in [5.74, 6) is 0.869. The fraction of sp³-hybridized carbons (Fsp3) is 1.00. The Morgan fingerprint density at radius 1 is 1.28 bits per heavy atom. The molecule has 0 saturated heterocycles. The van der Waals surface area contributed by atoms with Crippen LogP contribution in [0.15, 0.2) is 0 Å². The van der Waals surface area contributed by atoms with E-state index in [1.165, 1.54) is 25.7 Å². The van der Waals surface area contributed by atoms with Gasteiger partial charge in [0.1, 0.15) is 0 Å². The van der Waals surface area contributed by atoms with Crippen molar-refractivity contribution in [3.05, 3.63) is 0 Å². The minimum atomic E-state index is 0.0786. The maximum absolute atomic E-state index is 6.41. The first-order chi connectivity index (χ1) is 8.26. The Hall–Kier alpha value is -0.0800. The van der Waals surface area contributed by atoms with Crippen LogP contribution < -0.4 is 5.32 Å². The second kappa shape index (κ2) is 6.38. The first kappa shape index (κ1) is 16.0. The highest BCUT2D eigenvalue weighted by molar-refractivity contribution is 4.91. The third kappa shape index (κ3) is 5.27. The van der Waals surface area contributed by atoms with E-state index >= 15 is 0 Å². The lowest BCUT2D eigenvalue weighted by atomic mass is 9.79. The van der Waals surface area contributed by atoms with Gasteiger partial charge in [0.15, 0.2) is 0 Å². The summed E-state index contributed by atoms with van der Waals surface area (Å²) in [6, 6.07) is 0. The van der Waals surface area contributed by atoms with E-state index in [2.05, 4.69) is 46.9 Å². The molecule has 0 aromatic heterocycles. The van der Waals surface area contributed by atoms with E-state index in [1.807, 2.05) is 0 Å². The molecule has 108 valence electrons. The minimum Gasteiger partial charge on any atom is -0.371 e. The van der Waals surface area contributed by atoms with Gasteiger partial charge >= 0.3 is 0 Å². The van der Waals surface area contributed by atoms with Gasteiger partial charge in [-0.2, -0.15) is 0 Å². The number of ether oxygens (including phenoxy) is 1. The van der Waals surface area contributed by atoms with E-state index in [0.29, 0.717) is 6.10 Å². The van der Waals surface area contributed by atoms with E-state index in [1.54, 1.807) is 0 Å². The standard InChI is InChI=1S/C16H33NO/c1-7-14(3)18-16(12-17-15(4,5)6)10-8-13(2)9-11-16/h13-14,17H,7-12H2,1-6H3. The molecule has 0 bridgehead atoms. The Kier molecular flexibility index (Phi) is 5.67. The van der Waals surface area contributed by atoms with Gasteiger partial charge in [-0.05, 0) is 65.7 Å². The highest BCUT2D eigenvalue weighted by Crippen LogP contribution is 2.35. The maximum Gasteiger partial charge on any atom is 0.0810 e. The van der Waals surface area contributed by atoms with E-state index in [9.17, 15) is 0 Å². The summed E-state index contributed by atoms with van der Waals surface area (Å²) in [6.45, 7) is 14.5. The first-order valence-electron chi connectivity index (χ1n) is 7.69. The molecule has 0 radical (unpaired) electrons. The van der Waals surface area contributed by atoms with E-state index in [-0.39, 0.29) is 11.1 Å². The minimum absolute atomic E-state index is 0.0786. The van der Waals surface area contributed by atoms with Crippen LogP contribution in [0, 0.1) is 5.92 Å². The van der Waals surface area contributed by atoms with Gasteiger partial charge in [0, 0.05) is 12.1 Å². The number of nitrogens with one attached hydrogen (secondary N) is 1. The monoisotopic (exact) mass is 255 g/mol. The van der Waals surface area contributed by atoms with Crippen molar-refractivity contribution >= 4 is 0 Å². The van der Waals surface area contributed by atoms with Crippen LogP contribution in [-0.2, 0) is 4.74 Å². The highest BCUT2D eigenvalue weighted by atomic mass is 16.5. The van der Waals surface area contributed by atoms with Crippen molar-refractivity contribution in [2.75, 3.05) is 6.54 Å². The van der Waals surface area contributed by atoms with Crippen LogP contribution in [0.2, 0.25) is 0 Å². The molecule has 1 saturated carbocycles. The molecule has 1 aliphatic rings. The molecular formula is C16H33NO. The second-order valence-corrected chi connectivity index (χ2v) is 7.31. The second-order valence-electron chi connectivity index (χ2n) is 7.31. The number of hydrogen-bond acceptors (Lipinski definition) is 2. The predicted molar refractivity (Wildman–Crippen MR) is 79.0 cm³/mol. The topological polar surface area (TPSA) is 21.3 Å². The van der Waals surface area contributed by atoms with Crippen LogP contribution in [0.4, 0.5) is 0 Å². The highest BCUT2D eigenvalue weighted by Gasteiger charge is 2.36. The molecule has 0 aliphatic heterocycles. The third-order valence-corrected chi connectivity index (χ3v) is 4.15. The molecule has 1 aliphatic carbocycles. The molecule has 1 atom stereocenters. The van der Waals surface area contributed by atoms with Crippen LogP contribution in [0.25, 0.3) is 0 Å². The molecule has 2 heteroatoms. The molecule has 0 spiro atoms. The van der Waals surface area contributed by atoms with E-state index < -0.39 is 0 Å². The number of hydrogen-bond donors (Lipinski definition) is 1. The zero-order valence-electron chi connectivity index (χ0n) is 13.3. The van der Waals surface area contributed by atoms with Gasteiger partial charge in [-0.15, -0.1) is 0 Å². The quantitative estimate of drug-likeness (QED) is 0.797. The maximum atomic E-state index is 6.41. The molecule has 0 heterocycles. The van der Waals surface area contributed by atoms with Crippen LogP contribution in [0.5, 0.6) is 0 Å². The molecule has 18 heavy (non-hydrogen) atoms. The van der Waals surface area contributed by atoms with Crippen LogP contribution >= 0.6 is 0 Å². The van der Waals surface area contributed by atoms with Gasteiger partial charge in [0.05, 0.1) is 11.7 Å².